The van der Waals surface area contributed by atoms with Gasteiger partial charge in [0.15, 0.2) is 5.75 Å². The first-order valence-electron chi connectivity index (χ1n) is 6.22. The molecule has 3 aromatic rings. The molecule has 0 atom stereocenters. The van der Waals surface area contributed by atoms with Crippen LogP contribution in [0, 0.1) is 6.92 Å². The van der Waals surface area contributed by atoms with E-state index in [4.69, 9.17) is 9.84 Å². The summed E-state index contributed by atoms with van der Waals surface area (Å²) < 4.78 is 5.68. The Hall–Kier alpha value is -2.53. The van der Waals surface area contributed by atoms with Crippen LogP contribution in [0.1, 0.15) is 11.3 Å². The van der Waals surface area contributed by atoms with Crippen LogP contribution in [0.2, 0.25) is 0 Å². The van der Waals surface area contributed by atoms with Gasteiger partial charge in [0.1, 0.15) is 5.52 Å². The first kappa shape index (κ1) is 12.5. The molecular weight excluding hydrogens is 254 g/mol. The van der Waals surface area contributed by atoms with Crippen LogP contribution in [0.25, 0.3) is 10.9 Å². The number of pyridine rings is 1. The lowest BCUT2D eigenvalue weighted by Gasteiger charge is -2.07. The number of fused-ring (bicyclic) bond motifs is 1. The van der Waals surface area contributed by atoms with Gasteiger partial charge in [0.2, 0.25) is 0 Å². The number of para-hydroxylation sites is 1. The van der Waals surface area contributed by atoms with E-state index in [9.17, 15) is 0 Å². The van der Waals surface area contributed by atoms with E-state index in [2.05, 4.69) is 15.0 Å². The second kappa shape index (κ2) is 5.22. The molecule has 1 N–H and O–H groups in total. The lowest BCUT2D eigenvalue weighted by atomic mass is 10.2. The van der Waals surface area contributed by atoms with Crippen LogP contribution in [0.15, 0.2) is 42.7 Å². The molecule has 0 spiro atoms. The first-order chi connectivity index (χ1) is 9.76. The molecule has 2 heterocycles. The zero-order valence-electron chi connectivity index (χ0n) is 10.9. The molecule has 5 heteroatoms. The minimum atomic E-state index is -0.0880. The molecule has 0 saturated carbocycles. The van der Waals surface area contributed by atoms with Crippen molar-refractivity contribution in [2.45, 2.75) is 13.5 Å². The van der Waals surface area contributed by atoms with Crippen LogP contribution in [0.4, 0.5) is 0 Å². The van der Waals surface area contributed by atoms with Crippen molar-refractivity contribution >= 4 is 10.9 Å². The number of ether oxygens (including phenoxy) is 1. The number of benzene rings is 1. The maximum Gasteiger partial charge on any atom is 0.321 e. The number of aryl methyl sites for hydroxylation is 1. The molecule has 0 fully saturated rings. The van der Waals surface area contributed by atoms with E-state index in [0.717, 1.165) is 16.6 Å². The van der Waals surface area contributed by atoms with Gasteiger partial charge in [0.25, 0.3) is 0 Å². The van der Waals surface area contributed by atoms with Crippen molar-refractivity contribution in [3.8, 4) is 11.8 Å². The Balaban J connectivity index is 1.99. The summed E-state index contributed by atoms with van der Waals surface area (Å²) in [5, 5.41) is 9.96. The van der Waals surface area contributed by atoms with Gasteiger partial charge in [0, 0.05) is 29.0 Å². The molecule has 100 valence electrons. The minimum absolute atomic E-state index is 0.0880. The fourth-order valence-electron chi connectivity index (χ4n) is 1.88. The van der Waals surface area contributed by atoms with Gasteiger partial charge in [-0.2, -0.15) is 0 Å². The SMILES string of the molecule is Cc1ccc2cccc(Oc3ncc(CO)cn3)c2n1. The highest BCUT2D eigenvalue weighted by molar-refractivity contribution is 5.84. The number of aliphatic hydroxyl groups excluding tert-OH is 1. The molecule has 0 radical (unpaired) electrons. The molecule has 2 aromatic heterocycles. The maximum atomic E-state index is 8.96. The van der Waals surface area contributed by atoms with Crippen molar-refractivity contribution in [1.82, 2.24) is 15.0 Å². The summed E-state index contributed by atoms with van der Waals surface area (Å²) in [6.07, 6.45) is 3.07. The summed E-state index contributed by atoms with van der Waals surface area (Å²) in [5.41, 5.74) is 2.34. The first-order valence-corrected chi connectivity index (χ1v) is 6.22. The summed E-state index contributed by atoms with van der Waals surface area (Å²) in [6.45, 7) is 1.85. The third-order valence-corrected chi connectivity index (χ3v) is 2.89. The van der Waals surface area contributed by atoms with Gasteiger partial charge in [0.05, 0.1) is 6.61 Å². The van der Waals surface area contributed by atoms with E-state index in [1.807, 2.05) is 37.3 Å². The molecule has 3 rings (SSSR count). The van der Waals surface area contributed by atoms with Crippen molar-refractivity contribution < 1.29 is 9.84 Å². The Kier molecular flexibility index (Phi) is 3.26. The zero-order chi connectivity index (χ0) is 13.9. The van der Waals surface area contributed by atoms with E-state index in [-0.39, 0.29) is 12.6 Å². The zero-order valence-corrected chi connectivity index (χ0v) is 10.9. The predicted molar refractivity (Wildman–Crippen MR) is 74.5 cm³/mol. The van der Waals surface area contributed by atoms with Crippen molar-refractivity contribution in [3.63, 3.8) is 0 Å². The number of hydrogen-bond donors (Lipinski definition) is 1. The predicted octanol–water partition coefficient (Wildman–Crippen LogP) is 2.62. The summed E-state index contributed by atoms with van der Waals surface area (Å²) in [4.78, 5) is 12.6. The van der Waals surface area contributed by atoms with E-state index in [1.54, 1.807) is 0 Å². The van der Waals surface area contributed by atoms with E-state index in [0.29, 0.717) is 11.3 Å². The summed E-state index contributed by atoms with van der Waals surface area (Å²) in [6, 6.07) is 9.90. The highest BCUT2D eigenvalue weighted by Gasteiger charge is 2.07. The summed E-state index contributed by atoms with van der Waals surface area (Å²) >= 11 is 0. The van der Waals surface area contributed by atoms with Gasteiger partial charge >= 0.3 is 6.01 Å². The molecule has 0 aliphatic heterocycles. The highest BCUT2D eigenvalue weighted by Crippen LogP contribution is 2.26. The maximum absolute atomic E-state index is 8.96. The molecule has 5 nitrogen and oxygen atoms in total. The molecule has 20 heavy (non-hydrogen) atoms. The minimum Gasteiger partial charge on any atom is -0.422 e. The second-order valence-electron chi connectivity index (χ2n) is 4.41. The number of aromatic nitrogens is 3. The van der Waals surface area contributed by atoms with Crippen LogP contribution in [0.5, 0.6) is 11.8 Å². The second-order valence-corrected chi connectivity index (χ2v) is 4.41. The van der Waals surface area contributed by atoms with Gasteiger partial charge in [-0.3, -0.25) is 0 Å². The smallest absolute Gasteiger partial charge is 0.321 e. The van der Waals surface area contributed by atoms with E-state index >= 15 is 0 Å². The topological polar surface area (TPSA) is 68.1 Å². The highest BCUT2D eigenvalue weighted by atomic mass is 16.5. The van der Waals surface area contributed by atoms with Gasteiger partial charge < -0.3 is 9.84 Å². The number of rotatable bonds is 3. The lowest BCUT2D eigenvalue weighted by molar-refractivity contribution is 0.280. The third kappa shape index (κ3) is 2.44. The molecule has 0 amide bonds. The largest absolute Gasteiger partial charge is 0.422 e. The van der Waals surface area contributed by atoms with Crippen molar-refractivity contribution in [2.75, 3.05) is 0 Å². The van der Waals surface area contributed by atoms with Gasteiger partial charge in [-0.15, -0.1) is 0 Å². The number of hydrogen-bond acceptors (Lipinski definition) is 5. The van der Waals surface area contributed by atoms with Gasteiger partial charge in [-0.05, 0) is 19.1 Å². The van der Waals surface area contributed by atoms with Crippen LogP contribution < -0.4 is 4.74 Å². The average Bonchev–Trinajstić information content (AvgIpc) is 2.49. The summed E-state index contributed by atoms with van der Waals surface area (Å²) in [7, 11) is 0. The summed E-state index contributed by atoms with van der Waals surface area (Å²) in [5.74, 6) is 0.614. The molecule has 0 unspecified atom stereocenters. The molecule has 0 saturated heterocycles. The van der Waals surface area contributed by atoms with Crippen molar-refractivity contribution in [2.24, 2.45) is 0 Å². The standard InChI is InChI=1S/C15H13N3O2/c1-10-5-6-12-3-2-4-13(14(12)18-10)20-15-16-7-11(9-19)8-17-15/h2-8,19H,9H2,1H3. The Labute approximate surface area is 115 Å². The van der Waals surface area contributed by atoms with Crippen LogP contribution in [0.3, 0.4) is 0 Å². The quantitative estimate of drug-likeness (QED) is 0.790. The van der Waals surface area contributed by atoms with Crippen LogP contribution in [-0.2, 0) is 6.61 Å². The average molecular weight is 267 g/mol. The van der Waals surface area contributed by atoms with Crippen LogP contribution >= 0.6 is 0 Å². The van der Waals surface area contributed by atoms with Crippen molar-refractivity contribution in [1.29, 1.82) is 0 Å². The number of nitrogens with zero attached hydrogens (tertiary/aromatic N) is 3. The Morgan fingerprint density at radius 1 is 1.10 bits per heavy atom. The van der Waals surface area contributed by atoms with E-state index < -0.39 is 0 Å². The Morgan fingerprint density at radius 2 is 1.90 bits per heavy atom. The monoisotopic (exact) mass is 267 g/mol. The van der Waals surface area contributed by atoms with E-state index in [1.165, 1.54) is 12.4 Å². The molecule has 0 aliphatic rings. The van der Waals surface area contributed by atoms with Crippen LogP contribution in [-0.4, -0.2) is 20.1 Å². The Bertz CT molecular complexity index is 742. The van der Waals surface area contributed by atoms with Crippen molar-refractivity contribution in [3.05, 3.63) is 54.0 Å². The number of aliphatic hydroxyl groups is 1. The van der Waals surface area contributed by atoms with Gasteiger partial charge in [-0.1, -0.05) is 18.2 Å². The fraction of sp³-hybridized carbons (Fsp3) is 0.133. The molecule has 0 bridgehead atoms. The lowest BCUT2D eigenvalue weighted by Crippen LogP contribution is -1.95. The van der Waals surface area contributed by atoms with Gasteiger partial charge in [-0.25, -0.2) is 15.0 Å². The third-order valence-electron chi connectivity index (χ3n) is 2.89. The molecule has 1 aromatic carbocycles. The Morgan fingerprint density at radius 3 is 2.65 bits per heavy atom. The normalized spacial score (nSPS) is 10.7. The fourth-order valence-corrected chi connectivity index (χ4v) is 1.88. The molecular formula is C15H13N3O2. The molecule has 0 aliphatic carbocycles.